The van der Waals surface area contributed by atoms with Crippen molar-refractivity contribution in [2.75, 3.05) is 85.8 Å². The van der Waals surface area contributed by atoms with Gasteiger partial charge < -0.3 is 114 Å². The summed E-state index contributed by atoms with van der Waals surface area (Å²) in [7, 11) is 4.93. The quantitative estimate of drug-likeness (QED) is 0.0330. The summed E-state index contributed by atoms with van der Waals surface area (Å²) in [6.07, 6.45) is -3.44. The molecule has 1 aromatic heterocycles. The highest BCUT2D eigenvalue weighted by Gasteiger charge is 2.48. The second-order valence-electron chi connectivity index (χ2n) is 33.7. The summed E-state index contributed by atoms with van der Waals surface area (Å²) in [5, 5.41) is 56.1. The van der Waals surface area contributed by atoms with Gasteiger partial charge in [-0.15, -0.1) is 11.8 Å². The molecule has 17 N–H and O–H groups in total. The lowest BCUT2D eigenvalue weighted by molar-refractivity contribution is -0.152. The number of morpholine rings is 1. The van der Waals surface area contributed by atoms with Crippen LogP contribution in [0.3, 0.4) is 0 Å². The molecule has 38 nitrogen and oxygen atoms in total. The molecule has 9 rings (SSSR count). The molecule has 0 saturated carbocycles. The van der Waals surface area contributed by atoms with Gasteiger partial charge in [-0.1, -0.05) is 125 Å². The standard InChI is InChI=1S/C92H118F3N17O21S/c1-8-9-26-70-91(130)112-47-58(114)43-72(112)86(125)105-67(44-77(117)118)84(123)107-79(51(2)3)92(131)109(5)71(40-52-19-12-10-13-20-52)85(124)102-64(25-18-32-96)89(128)111-33-35-133-48-74(111)87(126)104-66(42-56-45-98-62-24-17-16-23-59(56)62)83(122)103-65(38-54-27-29-57(113)30-28-54)82(121)101-63(31-34-132-7)81(120)106-69(80(119)99-46-75(97)115)49-134-50-76(116)100-68(39-55-36-60(93)78(95)61(94)37-55)88(127)110(6)73(90(129)108(70)4)41-53-21-14-11-15-22-53/h10-17,19-24,27-30,36-37,45,51,58,63-74,79,98,113-114H,8-9,18,25-26,31-35,38-44,46-50,96H2,1-7H3,(H2,97,115)(H,99,119)(H,100,116)(H,101,121)(H,102,124)(H,103,122)(H,104,126)(H,105,125)(H,106,120)(H,107,123)(H,117,118)/t58-,63+,64+,65+,66-,67+,68+,69+,70+,71+,72-,73+,74-,79+/m1/s1. The molecule has 3 saturated heterocycles. The van der Waals surface area contributed by atoms with Crippen LogP contribution in [0.25, 0.3) is 10.9 Å². The molecule has 3 aliphatic heterocycles. The van der Waals surface area contributed by atoms with Crippen molar-refractivity contribution in [3.05, 3.63) is 173 Å². The molecule has 134 heavy (non-hydrogen) atoms. The topological polar surface area (TPSA) is 545 Å². The molecule has 6 aromatic rings. The van der Waals surface area contributed by atoms with Gasteiger partial charge in [0.2, 0.25) is 88.6 Å². The van der Waals surface area contributed by atoms with Crippen LogP contribution in [-0.2, 0) is 118 Å². The van der Waals surface area contributed by atoms with E-state index in [1.54, 1.807) is 98.0 Å². The summed E-state index contributed by atoms with van der Waals surface area (Å²) in [5.41, 5.74) is 13.5. The highest BCUT2D eigenvalue weighted by Crippen LogP contribution is 2.28. The Morgan fingerprint density at radius 2 is 1.13 bits per heavy atom. The van der Waals surface area contributed by atoms with Crippen LogP contribution >= 0.6 is 11.8 Å². The van der Waals surface area contributed by atoms with Crippen molar-refractivity contribution in [2.45, 2.75) is 189 Å². The number of aliphatic carboxylic acids is 1. The molecule has 0 bridgehead atoms. The number of phenols is 1. The van der Waals surface area contributed by atoms with Crippen molar-refractivity contribution < 1.29 is 115 Å². The number of phenolic OH excluding ortho intramolecular Hbond substituents is 1. The predicted octanol–water partition coefficient (Wildman–Crippen LogP) is -0.203. The van der Waals surface area contributed by atoms with Crippen LogP contribution in [0.1, 0.15) is 100.0 Å². The number of carbonyl (C=O) groups excluding carboxylic acids is 15. The number of aliphatic hydroxyl groups excluding tert-OH is 1. The van der Waals surface area contributed by atoms with Crippen molar-refractivity contribution in [3.8, 4) is 5.75 Å². The van der Waals surface area contributed by atoms with E-state index in [0.29, 0.717) is 63.5 Å². The second kappa shape index (κ2) is 50.1. The average molecular weight is 1890 g/mol. The molecule has 4 heterocycles. The fourth-order valence-electron chi connectivity index (χ4n) is 16.1. The van der Waals surface area contributed by atoms with E-state index in [-0.39, 0.29) is 95.4 Å². The van der Waals surface area contributed by atoms with E-state index in [1.807, 2.05) is 0 Å². The van der Waals surface area contributed by atoms with Crippen molar-refractivity contribution in [1.82, 2.24) is 77.3 Å². The number of aromatic hydroxyl groups is 1. The maximum Gasteiger partial charge on any atom is 0.305 e. The molecule has 15 amide bonds. The summed E-state index contributed by atoms with van der Waals surface area (Å²) in [5.74, 6) is -24.6. The van der Waals surface area contributed by atoms with E-state index in [9.17, 15) is 53.3 Å². The number of primary amides is 1. The number of benzene rings is 5. The smallest absolute Gasteiger partial charge is 0.305 e. The number of fused-ring (bicyclic) bond motifs is 3. The number of aromatic nitrogens is 1. The molecular formula is C92H118F3N17O21S. The number of likely N-dealkylation sites (N-methyl/N-ethyl adjacent to an activating group) is 3. The summed E-state index contributed by atoms with van der Waals surface area (Å²) < 4.78 is 56.3. The highest BCUT2D eigenvalue weighted by molar-refractivity contribution is 8.00. The number of aromatic amines is 1. The third-order valence-corrected chi connectivity index (χ3v) is 24.5. The molecule has 724 valence electrons. The number of halogens is 3. The SMILES string of the molecule is CCCC[C@H]1C(=O)N2C[C@H](O)C[C@@H]2C(=O)N[C@@H](CC(=O)O)C(=O)N[C@@H](C(C)C)C(=O)N(C)[C@@H](Cc2ccccc2)C(=O)N[C@@H](CCCN)C(=O)N2CCOC[C@@H]2C(=O)N[C@H](Cc2c[nH]c3ccccc23)C(=O)N[C@@H](Cc2ccc(O)cc2)C(=O)N[C@@H](CCOC)C(=O)N[C@H](C(=O)NCC(N)=O)CSCC(=O)N[C@@H](Cc2cc(F)c(F)c(F)c2)C(=O)N(C)[C@@H](Cc2ccccc2)C(=O)N1C. The monoisotopic (exact) mass is 1890 g/mol. The Balaban J connectivity index is 1.14. The zero-order valence-electron chi connectivity index (χ0n) is 75.5. The molecule has 3 aliphatic rings. The molecule has 5 aromatic carbocycles. The predicted molar refractivity (Wildman–Crippen MR) is 483 cm³/mol. The van der Waals surface area contributed by atoms with E-state index in [0.717, 1.165) is 31.5 Å². The molecule has 0 unspecified atom stereocenters. The van der Waals surface area contributed by atoms with Gasteiger partial charge in [-0.2, -0.15) is 0 Å². The van der Waals surface area contributed by atoms with Crippen molar-refractivity contribution in [2.24, 2.45) is 17.4 Å². The number of nitrogens with zero attached hydrogens (tertiary/aromatic N) is 5. The van der Waals surface area contributed by atoms with E-state index in [1.165, 1.54) is 59.3 Å². The van der Waals surface area contributed by atoms with Crippen LogP contribution in [0.4, 0.5) is 13.2 Å². The first kappa shape index (κ1) is 105. The number of rotatable bonds is 25. The fourth-order valence-corrected chi connectivity index (χ4v) is 17.0. The fraction of sp³-hybridized carbons (Fsp3) is 0.478. The normalized spacial score (nSPS) is 24.1. The van der Waals surface area contributed by atoms with Crippen LogP contribution < -0.4 is 59.3 Å². The number of amides is 15. The molecule has 0 spiro atoms. The largest absolute Gasteiger partial charge is 0.508 e. The van der Waals surface area contributed by atoms with Crippen molar-refractivity contribution >= 4 is 117 Å². The number of unbranched alkanes of at least 4 members (excludes halogenated alkanes) is 1. The maximum atomic E-state index is 15.7. The van der Waals surface area contributed by atoms with Gasteiger partial charge >= 0.3 is 5.97 Å². The van der Waals surface area contributed by atoms with Gasteiger partial charge in [0.15, 0.2) is 17.5 Å². The van der Waals surface area contributed by atoms with Crippen LogP contribution in [0.5, 0.6) is 5.75 Å². The number of hydrogen-bond acceptors (Lipinski definition) is 22. The highest BCUT2D eigenvalue weighted by atomic mass is 32.2. The van der Waals surface area contributed by atoms with E-state index >= 15 is 51.9 Å². The van der Waals surface area contributed by atoms with Crippen LogP contribution in [0.2, 0.25) is 0 Å². The Hall–Kier alpha value is -13.1. The van der Waals surface area contributed by atoms with Crippen LogP contribution in [-0.4, -0.2) is 310 Å². The number of thioether (sulfide) groups is 1. The Morgan fingerprint density at radius 1 is 0.575 bits per heavy atom. The zero-order chi connectivity index (χ0) is 97.7. The van der Waals surface area contributed by atoms with Gasteiger partial charge in [0.25, 0.3) is 0 Å². The molecule has 42 heteroatoms. The number of carbonyl (C=O) groups is 16. The lowest BCUT2D eigenvalue weighted by Gasteiger charge is -2.38. The lowest BCUT2D eigenvalue weighted by atomic mass is 9.98. The number of nitrogens with one attached hydrogen (secondary N) is 10. The van der Waals surface area contributed by atoms with Gasteiger partial charge in [-0.25, -0.2) is 13.2 Å². The van der Waals surface area contributed by atoms with E-state index < -0.39 is 253 Å². The second-order valence-corrected chi connectivity index (χ2v) is 34.7. The average Bonchev–Trinajstić information content (AvgIpc) is 1.65. The molecule has 14 atom stereocenters. The first-order chi connectivity index (χ1) is 63.9. The van der Waals surface area contributed by atoms with Gasteiger partial charge in [0.05, 0.1) is 38.0 Å². The number of ether oxygens (including phenoxy) is 2. The van der Waals surface area contributed by atoms with Gasteiger partial charge in [-0.05, 0) is 96.3 Å². The van der Waals surface area contributed by atoms with Gasteiger partial charge in [0, 0.05) is 109 Å². The maximum absolute atomic E-state index is 15.7. The van der Waals surface area contributed by atoms with Crippen LogP contribution in [0.15, 0.2) is 128 Å². The van der Waals surface area contributed by atoms with Gasteiger partial charge in [0.1, 0.15) is 84.3 Å². The minimum absolute atomic E-state index is 0.0161. The van der Waals surface area contributed by atoms with Crippen molar-refractivity contribution in [3.63, 3.8) is 0 Å². The molecular weight excluding hydrogens is 1770 g/mol. The number of hydrogen-bond donors (Lipinski definition) is 15. The molecule has 3 fully saturated rings. The summed E-state index contributed by atoms with van der Waals surface area (Å²) in [6, 6.07) is 8.26. The van der Waals surface area contributed by atoms with Crippen molar-refractivity contribution in [1.29, 1.82) is 0 Å². The number of nitrogens with two attached hydrogens (primary N) is 2. The van der Waals surface area contributed by atoms with Gasteiger partial charge in [-0.3, -0.25) is 76.7 Å². The zero-order valence-corrected chi connectivity index (χ0v) is 76.3. The Kier molecular flexibility index (Phi) is 39.2. The summed E-state index contributed by atoms with van der Waals surface area (Å²) >= 11 is 0.640. The Morgan fingerprint density at radius 3 is 1.76 bits per heavy atom. The number of aliphatic hydroxyl groups is 1. The number of carboxylic acids is 1. The lowest BCUT2D eigenvalue weighted by Crippen LogP contribution is -2.64. The molecule has 0 aliphatic carbocycles. The molecule has 0 radical (unpaired) electrons. The van der Waals surface area contributed by atoms with E-state index in [2.05, 4.69) is 52.8 Å². The Labute approximate surface area is 776 Å². The third kappa shape index (κ3) is 29.0. The number of para-hydroxylation sites is 1. The number of methoxy groups -OCH3 is 1. The number of carboxylic acid groups (broad SMARTS) is 1. The third-order valence-electron chi connectivity index (χ3n) is 23.5. The summed E-state index contributed by atoms with van der Waals surface area (Å²) in [4.78, 5) is 246. The first-order valence-electron chi connectivity index (χ1n) is 44.1. The Bertz CT molecular complexity index is 5140. The minimum atomic E-state index is -2.03. The first-order valence-corrected chi connectivity index (χ1v) is 45.2. The number of H-pyrrole nitrogens is 1. The minimum Gasteiger partial charge on any atom is -0.508 e. The summed E-state index contributed by atoms with van der Waals surface area (Å²) in [6.45, 7) is 2.32. The van der Waals surface area contributed by atoms with Crippen LogP contribution in [0, 0.1) is 23.4 Å². The van der Waals surface area contributed by atoms with E-state index in [4.69, 9.17) is 20.9 Å².